The lowest BCUT2D eigenvalue weighted by Crippen LogP contribution is -2.34. The van der Waals surface area contributed by atoms with Crippen LogP contribution in [0.25, 0.3) is 0 Å². The second-order valence-corrected chi connectivity index (χ2v) is 5.89. The summed E-state index contributed by atoms with van der Waals surface area (Å²) in [6.45, 7) is -0.000983. The molecule has 2 aromatic carbocycles. The van der Waals surface area contributed by atoms with E-state index in [-0.39, 0.29) is 18.6 Å². The summed E-state index contributed by atoms with van der Waals surface area (Å²) in [5, 5.41) is 3.66. The van der Waals surface area contributed by atoms with Crippen molar-refractivity contribution < 1.29 is 9.53 Å². The molecule has 22 heavy (non-hydrogen) atoms. The Morgan fingerprint density at radius 1 is 1.23 bits per heavy atom. The minimum atomic E-state index is -0.110. The Hall–Kier alpha value is -2.00. The molecule has 0 bridgehead atoms. The van der Waals surface area contributed by atoms with E-state index in [0.29, 0.717) is 10.8 Å². The van der Waals surface area contributed by atoms with Crippen LogP contribution in [0.1, 0.15) is 30.0 Å². The zero-order valence-corrected chi connectivity index (χ0v) is 13.0. The highest BCUT2D eigenvalue weighted by Crippen LogP contribution is 2.29. The standard InChI is InChI=1S/C18H18ClNO2/c19-14-7-4-8-15(11-14)22-12-18(21)20-17-10-3-6-13-5-1-2-9-16(13)17/h1-2,4-5,7-9,11,17H,3,6,10,12H2,(H,20,21)/t17-/m1/s1. The molecule has 3 nitrogen and oxygen atoms in total. The van der Waals surface area contributed by atoms with Gasteiger partial charge in [0, 0.05) is 5.02 Å². The van der Waals surface area contributed by atoms with Gasteiger partial charge in [0.25, 0.3) is 5.91 Å². The maximum Gasteiger partial charge on any atom is 0.258 e. The minimum Gasteiger partial charge on any atom is -0.484 e. The van der Waals surface area contributed by atoms with E-state index < -0.39 is 0 Å². The first-order valence-electron chi connectivity index (χ1n) is 7.48. The Balaban J connectivity index is 1.59. The Kier molecular flexibility index (Phi) is 4.64. The smallest absolute Gasteiger partial charge is 0.258 e. The van der Waals surface area contributed by atoms with Crippen molar-refractivity contribution in [2.24, 2.45) is 0 Å². The normalized spacial score (nSPS) is 16.7. The first-order valence-corrected chi connectivity index (χ1v) is 7.86. The van der Waals surface area contributed by atoms with Crippen LogP contribution in [-0.2, 0) is 11.2 Å². The highest BCUT2D eigenvalue weighted by molar-refractivity contribution is 6.30. The number of rotatable bonds is 4. The number of ether oxygens (including phenoxy) is 1. The van der Waals surface area contributed by atoms with E-state index >= 15 is 0 Å². The van der Waals surface area contributed by atoms with Gasteiger partial charge in [-0.3, -0.25) is 4.79 Å². The van der Waals surface area contributed by atoms with Gasteiger partial charge in [0.15, 0.2) is 6.61 Å². The fourth-order valence-corrected chi connectivity index (χ4v) is 3.03. The van der Waals surface area contributed by atoms with Crippen LogP contribution in [0.5, 0.6) is 5.75 Å². The van der Waals surface area contributed by atoms with Crippen molar-refractivity contribution in [3.8, 4) is 5.75 Å². The number of amides is 1. The highest BCUT2D eigenvalue weighted by Gasteiger charge is 2.21. The quantitative estimate of drug-likeness (QED) is 0.929. The highest BCUT2D eigenvalue weighted by atomic mass is 35.5. The fourth-order valence-electron chi connectivity index (χ4n) is 2.85. The molecule has 1 atom stereocenters. The van der Waals surface area contributed by atoms with Crippen molar-refractivity contribution in [3.05, 3.63) is 64.7 Å². The van der Waals surface area contributed by atoms with Gasteiger partial charge in [-0.25, -0.2) is 0 Å². The molecule has 4 heteroatoms. The molecule has 0 radical (unpaired) electrons. The molecule has 1 aliphatic rings. The number of benzene rings is 2. The summed E-state index contributed by atoms with van der Waals surface area (Å²) in [4.78, 5) is 12.1. The number of halogens is 1. The van der Waals surface area contributed by atoms with Gasteiger partial charge in [-0.05, 0) is 48.6 Å². The lowest BCUT2D eigenvalue weighted by atomic mass is 9.88. The Bertz CT molecular complexity index is 672. The van der Waals surface area contributed by atoms with Crippen LogP contribution in [0.15, 0.2) is 48.5 Å². The maximum absolute atomic E-state index is 12.1. The third-order valence-corrected chi connectivity index (χ3v) is 4.11. The number of hydrogen-bond donors (Lipinski definition) is 1. The molecule has 1 N–H and O–H groups in total. The molecule has 1 aliphatic carbocycles. The van der Waals surface area contributed by atoms with Crippen molar-refractivity contribution in [3.63, 3.8) is 0 Å². The van der Waals surface area contributed by atoms with E-state index in [1.807, 2.05) is 12.1 Å². The second kappa shape index (κ2) is 6.84. The first-order chi connectivity index (χ1) is 10.7. The van der Waals surface area contributed by atoms with Gasteiger partial charge in [-0.1, -0.05) is 41.9 Å². The summed E-state index contributed by atoms with van der Waals surface area (Å²) in [6, 6.07) is 15.4. The zero-order valence-electron chi connectivity index (χ0n) is 12.2. The van der Waals surface area contributed by atoms with Crippen LogP contribution >= 0.6 is 11.6 Å². The van der Waals surface area contributed by atoms with Crippen LogP contribution in [0.3, 0.4) is 0 Å². The van der Waals surface area contributed by atoms with E-state index in [1.54, 1.807) is 24.3 Å². The monoisotopic (exact) mass is 315 g/mol. The Morgan fingerprint density at radius 3 is 2.95 bits per heavy atom. The van der Waals surface area contributed by atoms with Crippen molar-refractivity contribution in [1.29, 1.82) is 0 Å². The number of hydrogen-bond acceptors (Lipinski definition) is 2. The van der Waals surface area contributed by atoms with Crippen molar-refractivity contribution >= 4 is 17.5 Å². The molecule has 114 valence electrons. The predicted molar refractivity (Wildman–Crippen MR) is 87.2 cm³/mol. The Morgan fingerprint density at radius 2 is 2.09 bits per heavy atom. The molecular weight excluding hydrogens is 298 g/mol. The summed E-state index contributed by atoms with van der Waals surface area (Å²) in [6.07, 6.45) is 3.15. The number of carbonyl (C=O) groups is 1. The molecule has 0 fully saturated rings. The summed E-state index contributed by atoms with van der Waals surface area (Å²) in [5.74, 6) is 0.494. The average molecular weight is 316 g/mol. The van der Waals surface area contributed by atoms with E-state index in [4.69, 9.17) is 16.3 Å². The van der Waals surface area contributed by atoms with Crippen LogP contribution in [-0.4, -0.2) is 12.5 Å². The van der Waals surface area contributed by atoms with Crippen LogP contribution in [0.2, 0.25) is 5.02 Å². The average Bonchev–Trinajstić information content (AvgIpc) is 2.53. The number of nitrogens with one attached hydrogen (secondary N) is 1. The topological polar surface area (TPSA) is 38.3 Å². The maximum atomic E-state index is 12.1. The van der Waals surface area contributed by atoms with Crippen molar-refractivity contribution in [2.45, 2.75) is 25.3 Å². The van der Waals surface area contributed by atoms with Gasteiger partial charge in [0.05, 0.1) is 6.04 Å². The van der Waals surface area contributed by atoms with Crippen molar-refractivity contribution in [2.75, 3.05) is 6.61 Å². The molecule has 0 aliphatic heterocycles. The third-order valence-electron chi connectivity index (χ3n) is 3.87. The zero-order chi connectivity index (χ0) is 15.4. The number of fused-ring (bicyclic) bond motifs is 1. The molecule has 2 aromatic rings. The van der Waals surface area contributed by atoms with E-state index in [0.717, 1.165) is 19.3 Å². The van der Waals surface area contributed by atoms with Gasteiger partial charge in [0.1, 0.15) is 5.75 Å². The third kappa shape index (κ3) is 3.60. The first kappa shape index (κ1) is 14.9. The van der Waals surface area contributed by atoms with Gasteiger partial charge in [-0.15, -0.1) is 0 Å². The largest absolute Gasteiger partial charge is 0.484 e. The van der Waals surface area contributed by atoms with Gasteiger partial charge >= 0.3 is 0 Å². The van der Waals surface area contributed by atoms with E-state index in [9.17, 15) is 4.79 Å². The summed E-state index contributed by atoms with van der Waals surface area (Å²) < 4.78 is 5.48. The molecule has 0 aromatic heterocycles. The van der Waals surface area contributed by atoms with Crippen molar-refractivity contribution in [1.82, 2.24) is 5.32 Å². The molecule has 0 spiro atoms. The number of carbonyl (C=O) groups excluding carboxylic acids is 1. The van der Waals surface area contributed by atoms with Crippen LogP contribution in [0, 0.1) is 0 Å². The molecule has 0 heterocycles. The molecule has 1 amide bonds. The summed E-state index contributed by atoms with van der Waals surface area (Å²) >= 11 is 5.89. The summed E-state index contributed by atoms with van der Waals surface area (Å²) in [5.41, 5.74) is 2.56. The summed E-state index contributed by atoms with van der Waals surface area (Å²) in [7, 11) is 0. The lowest BCUT2D eigenvalue weighted by Gasteiger charge is -2.26. The SMILES string of the molecule is O=C(COc1cccc(Cl)c1)N[C@@H]1CCCc2ccccc21. The minimum absolute atomic E-state index is 0.000983. The van der Waals surface area contributed by atoms with Gasteiger partial charge in [-0.2, -0.15) is 0 Å². The van der Waals surface area contributed by atoms with Crippen LogP contribution < -0.4 is 10.1 Å². The van der Waals surface area contributed by atoms with Gasteiger partial charge in [0.2, 0.25) is 0 Å². The van der Waals surface area contributed by atoms with Crippen LogP contribution in [0.4, 0.5) is 0 Å². The van der Waals surface area contributed by atoms with Gasteiger partial charge < -0.3 is 10.1 Å². The molecule has 0 saturated carbocycles. The number of aryl methyl sites for hydroxylation is 1. The lowest BCUT2D eigenvalue weighted by molar-refractivity contribution is -0.123. The second-order valence-electron chi connectivity index (χ2n) is 5.46. The predicted octanol–water partition coefficient (Wildman–Crippen LogP) is 3.91. The molecular formula is C18H18ClNO2. The fraction of sp³-hybridized carbons (Fsp3) is 0.278. The Labute approximate surface area is 135 Å². The molecule has 0 saturated heterocycles. The van der Waals surface area contributed by atoms with E-state index in [1.165, 1.54) is 11.1 Å². The van der Waals surface area contributed by atoms with E-state index in [2.05, 4.69) is 17.4 Å². The molecule has 0 unspecified atom stereocenters. The molecule has 3 rings (SSSR count).